The number of nitro groups is 1. The smallest absolute Gasteiger partial charge is 0.293 e. The average Bonchev–Trinajstić information content (AvgIpc) is 2.41. The van der Waals surface area contributed by atoms with E-state index in [2.05, 4.69) is 0 Å². The number of anilines is 1. The topological polar surface area (TPSA) is 66.6 Å². The summed E-state index contributed by atoms with van der Waals surface area (Å²) in [4.78, 5) is 12.4. The van der Waals surface area contributed by atoms with Gasteiger partial charge in [-0.15, -0.1) is 0 Å². The summed E-state index contributed by atoms with van der Waals surface area (Å²) in [5.74, 6) is -0.358. The van der Waals surface area contributed by atoms with Crippen LogP contribution in [0.5, 0.6) is 0 Å². The molecule has 0 radical (unpaired) electrons. The first-order valence-electron chi connectivity index (χ1n) is 6.02. The van der Waals surface area contributed by atoms with Gasteiger partial charge in [0, 0.05) is 31.8 Å². The molecule has 5 nitrogen and oxygen atoms in total. The van der Waals surface area contributed by atoms with Crippen molar-refractivity contribution in [3.8, 4) is 0 Å². The molecule has 2 rings (SSSR count). The molecule has 0 spiro atoms. The second-order valence-corrected chi connectivity index (χ2v) is 5.81. The van der Waals surface area contributed by atoms with E-state index in [1.54, 1.807) is 27.5 Å². The molecule has 104 valence electrons. The Morgan fingerprint density at radius 1 is 1.58 bits per heavy atom. The van der Waals surface area contributed by atoms with E-state index in [-0.39, 0.29) is 21.8 Å². The van der Waals surface area contributed by atoms with E-state index in [0.29, 0.717) is 18.8 Å². The third-order valence-corrected chi connectivity index (χ3v) is 4.16. The van der Waals surface area contributed by atoms with Gasteiger partial charge >= 0.3 is 0 Å². The molecule has 7 heteroatoms. The van der Waals surface area contributed by atoms with E-state index >= 15 is 0 Å². The van der Waals surface area contributed by atoms with Crippen molar-refractivity contribution in [3.05, 3.63) is 31.6 Å². The summed E-state index contributed by atoms with van der Waals surface area (Å²) in [7, 11) is 0. The number of nitrogens with zero attached hydrogens (tertiary/aromatic N) is 2. The summed E-state index contributed by atoms with van der Waals surface area (Å²) >= 11 is 1.74. The van der Waals surface area contributed by atoms with Gasteiger partial charge in [0.1, 0.15) is 11.5 Å². The molecule has 1 saturated heterocycles. The minimum absolute atomic E-state index is 0.0527. The number of rotatable bonds is 3. The minimum Gasteiger partial charge on any atom is -0.396 e. The number of aliphatic hydroxyl groups excluding tert-OH is 1. The highest BCUT2D eigenvalue weighted by Gasteiger charge is 2.26. The van der Waals surface area contributed by atoms with Crippen molar-refractivity contribution in [2.75, 3.05) is 24.6 Å². The van der Waals surface area contributed by atoms with Gasteiger partial charge in [0.05, 0.1) is 8.49 Å². The lowest BCUT2D eigenvalue weighted by atomic mass is 9.98. The highest BCUT2D eigenvalue weighted by Crippen LogP contribution is 2.34. The van der Waals surface area contributed by atoms with E-state index in [1.807, 2.05) is 0 Å². The van der Waals surface area contributed by atoms with E-state index in [0.717, 1.165) is 12.8 Å². The van der Waals surface area contributed by atoms with Crippen LogP contribution < -0.4 is 4.90 Å². The van der Waals surface area contributed by atoms with Gasteiger partial charge in [0.15, 0.2) is 0 Å². The third kappa shape index (κ3) is 3.14. The van der Waals surface area contributed by atoms with E-state index in [1.165, 1.54) is 12.1 Å². The zero-order valence-electron chi connectivity index (χ0n) is 10.2. The highest BCUT2D eigenvalue weighted by atomic mass is 127. The number of halogens is 2. The number of nitro benzene ring substituents is 1. The Balaban J connectivity index is 2.37. The van der Waals surface area contributed by atoms with Gasteiger partial charge in [-0.05, 0) is 41.4 Å². The SMILES string of the molecule is O=[N+]([O-])c1cc(I)c(F)cc1N1CCCC(CO)C1. The quantitative estimate of drug-likeness (QED) is 0.497. The summed E-state index contributed by atoms with van der Waals surface area (Å²) < 4.78 is 13.9. The molecule has 1 aromatic rings. The molecule has 1 N–H and O–H groups in total. The monoisotopic (exact) mass is 380 g/mol. The van der Waals surface area contributed by atoms with Crippen LogP contribution in [0.2, 0.25) is 0 Å². The molecule has 0 amide bonds. The van der Waals surface area contributed by atoms with Gasteiger partial charge in [-0.3, -0.25) is 10.1 Å². The molecule has 1 unspecified atom stereocenters. The van der Waals surface area contributed by atoms with Gasteiger partial charge in [0.25, 0.3) is 5.69 Å². The summed E-state index contributed by atoms with van der Waals surface area (Å²) in [5.41, 5.74) is 0.227. The number of hydrogen-bond acceptors (Lipinski definition) is 4. The van der Waals surface area contributed by atoms with Gasteiger partial charge in [0.2, 0.25) is 0 Å². The molecule has 19 heavy (non-hydrogen) atoms. The van der Waals surface area contributed by atoms with Crippen LogP contribution in [0.15, 0.2) is 12.1 Å². The number of hydrogen-bond donors (Lipinski definition) is 1. The minimum atomic E-state index is -0.487. The fraction of sp³-hybridized carbons (Fsp3) is 0.500. The molecule has 1 aliphatic rings. The number of aliphatic hydroxyl groups is 1. The predicted octanol–water partition coefficient (Wildman–Crippen LogP) is 2.55. The van der Waals surface area contributed by atoms with Crippen LogP contribution in [0.4, 0.5) is 15.8 Å². The van der Waals surface area contributed by atoms with Crippen molar-refractivity contribution in [2.45, 2.75) is 12.8 Å². The molecule has 1 fully saturated rings. The Bertz CT molecular complexity index is 498. The molecular weight excluding hydrogens is 366 g/mol. The first-order chi connectivity index (χ1) is 9.02. The fourth-order valence-corrected chi connectivity index (χ4v) is 2.81. The summed E-state index contributed by atoms with van der Waals surface area (Å²) in [6.07, 6.45) is 1.74. The van der Waals surface area contributed by atoms with Crippen LogP contribution in [0.25, 0.3) is 0 Å². The Morgan fingerprint density at radius 2 is 2.32 bits per heavy atom. The van der Waals surface area contributed by atoms with Crippen molar-refractivity contribution < 1.29 is 14.4 Å². The highest BCUT2D eigenvalue weighted by molar-refractivity contribution is 14.1. The summed E-state index contributed by atoms with van der Waals surface area (Å²) in [6.45, 7) is 1.23. The molecule has 0 bridgehead atoms. The lowest BCUT2D eigenvalue weighted by molar-refractivity contribution is -0.384. The maximum Gasteiger partial charge on any atom is 0.293 e. The van der Waals surface area contributed by atoms with Crippen molar-refractivity contribution >= 4 is 34.0 Å². The van der Waals surface area contributed by atoms with Crippen molar-refractivity contribution in [2.24, 2.45) is 5.92 Å². The Kier molecular flexibility index (Phi) is 4.56. The third-order valence-electron chi connectivity index (χ3n) is 3.33. The predicted molar refractivity (Wildman–Crippen MR) is 77.8 cm³/mol. The van der Waals surface area contributed by atoms with Crippen LogP contribution in [-0.2, 0) is 0 Å². The van der Waals surface area contributed by atoms with Crippen LogP contribution in [0.3, 0.4) is 0 Å². The van der Waals surface area contributed by atoms with E-state index < -0.39 is 10.7 Å². The first-order valence-corrected chi connectivity index (χ1v) is 7.10. The van der Waals surface area contributed by atoms with Gasteiger partial charge in [-0.25, -0.2) is 4.39 Å². The summed E-state index contributed by atoms with van der Waals surface area (Å²) in [5, 5.41) is 20.3. The van der Waals surface area contributed by atoms with Crippen molar-refractivity contribution in [1.82, 2.24) is 0 Å². The van der Waals surface area contributed by atoms with Gasteiger partial charge in [-0.2, -0.15) is 0 Å². The molecule has 1 atom stereocenters. The number of piperidine rings is 1. The molecule has 1 aromatic carbocycles. The molecule has 1 heterocycles. The zero-order valence-corrected chi connectivity index (χ0v) is 12.3. The zero-order chi connectivity index (χ0) is 14.0. The molecule has 0 aromatic heterocycles. The van der Waals surface area contributed by atoms with Crippen LogP contribution >= 0.6 is 22.6 Å². The van der Waals surface area contributed by atoms with Crippen molar-refractivity contribution in [1.29, 1.82) is 0 Å². The largest absolute Gasteiger partial charge is 0.396 e. The second-order valence-electron chi connectivity index (χ2n) is 4.65. The van der Waals surface area contributed by atoms with Crippen LogP contribution in [-0.4, -0.2) is 29.7 Å². The van der Waals surface area contributed by atoms with E-state index in [4.69, 9.17) is 0 Å². The number of benzene rings is 1. The summed E-state index contributed by atoms with van der Waals surface area (Å²) in [6, 6.07) is 2.48. The Labute approximate surface area is 123 Å². The fourth-order valence-electron chi connectivity index (χ4n) is 2.36. The Morgan fingerprint density at radius 3 is 2.95 bits per heavy atom. The molecule has 0 saturated carbocycles. The maximum absolute atomic E-state index is 13.7. The van der Waals surface area contributed by atoms with Gasteiger partial charge in [-0.1, -0.05) is 0 Å². The molecular formula is C12H14FIN2O3. The average molecular weight is 380 g/mol. The van der Waals surface area contributed by atoms with E-state index in [9.17, 15) is 19.6 Å². The molecule has 0 aliphatic carbocycles. The Hall–Kier alpha value is -0.960. The molecule has 1 aliphatic heterocycles. The van der Waals surface area contributed by atoms with Crippen LogP contribution in [0.1, 0.15) is 12.8 Å². The maximum atomic E-state index is 13.7. The lowest BCUT2D eigenvalue weighted by Crippen LogP contribution is -2.37. The van der Waals surface area contributed by atoms with Gasteiger partial charge < -0.3 is 10.0 Å². The van der Waals surface area contributed by atoms with Crippen molar-refractivity contribution in [3.63, 3.8) is 0 Å². The second kappa shape index (κ2) is 6.00. The first kappa shape index (κ1) is 14.4. The van der Waals surface area contributed by atoms with Crippen LogP contribution in [0, 0.1) is 25.4 Å². The normalized spacial score (nSPS) is 19.5. The standard InChI is InChI=1S/C12H14FIN2O3/c13-9-4-11(12(16(18)19)5-10(9)14)15-3-1-2-8(6-15)7-17/h4-5,8,17H,1-3,6-7H2. The lowest BCUT2D eigenvalue weighted by Gasteiger charge is -2.33.